The molecule has 11 heteroatoms. The van der Waals surface area contributed by atoms with Crippen molar-refractivity contribution in [1.29, 1.82) is 0 Å². The first-order chi connectivity index (χ1) is 20.6. The van der Waals surface area contributed by atoms with Crippen molar-refractivity contribution in [1.82, 2.24) is 10.2 Å². The van der Waals surface area contributed by atoms with Crippen LogP contribution in [0.3, 0.4) is 0 Å². The van der Waals surface area contributed by atoms with Gasteiger partial charge in [0.05, 0.1) is 17.2 Å². The van der Waals surface area contributed by atoms with Crippen molar-refractivity contribution in [3.63, 3.8) is 0 Å². The molecule has 1 N–H and O–H groups in total. The second kappa shape index (κ2) is 14.8. The Morgan fingerprint density at radius 2 is 1.70 bits per heavy atom. The minimum atomic E-state index is -4.28. The van der Waals surface area contributed by atoms with Crippen LogP contribution in [0.2, 0.25) is 0 Å². The molecule has 0 spiro atoms. The summed E-state index contributed by atoms with van der Waals surface area (Å²) in [5.41, 5.74) is 0.882. The molecule has 8 nitrogen and oxygen atoms in total. The number of carbonyl (C=O) groups excluding carboxylic acids is 2. The van der Waals surface area contributed by atoms with Gasteiger partial charge in [0.25, 0.3) is 10.0 Å². The minimum absolute atomic E-state index is 0.0438. The molecule has 1 aliphatic rings. The number of hydrogen-bond donors (Lipinski definition) is 1. The highest BCUT2D eigenvalue weighted by Crippen LogP contribution is 2.27. The third-order valence-electron chi connectivity index (χ3n) is 7.48. The lowest BCUT2D eigenvalue weighted by Gasteiger charge is -2.33. The van der Waals surface area contributed by atoms with Crippen molar-refractivity contribution in [2.45, 2.75) is 69.5 Å². The van der Waals surface area contributed by atoms with Crippen molar-refractivity contribution in [3.05, 3.63) is 88.6 Å². The normalized spacial score (nSPS) is 14.5. The fourth-order valence-corrected chi connectivity index (χ4v) is 6.98. The second-order valence-corrected chi connectivity index (χ2v) is 13.3. The predicted octanol–water partition coefficient (Wildman–Crippen LogP) is 6.05. The lowest BCUT2D eigenvalue weighted by Crippen LogP contribution is -2.53. The Balaban J connectivity index is 1.67. The van der Waals surface area contributed by atoms with Gasteiger partial charge in [0.15, 0.2) is 0 Å². The summed E-state index contributed by atoms with van der Waals surface area (Å²) >= 11 is 3.45. The number of ether oxygens (including phenoxy) is 1. The molecule has 0 aliphatic heterocycles. The Bertz CT molecular complexity index is 1500. The number of benzene rings is 3. The van der Waals surface area contributed by atoms with Gasteiger partial charge >= 0.3 is 0 Å². The van der Waals surface area contributed by atoms with Gasteiger partial charge in [-0.3, -0.25) is 13.9 Å². The van der Waals surface area contributed by atoms with E-state index < -0.39 is 34.3 Å². The van der Waals surface area contributed by atoms with Crippen molar-refractivity contribution >= 4 is 43.5 Å². The second-order valence-electron chi connectivity index (χ2n) is 10.6. The number of nitrogens with one attached hydrogen (secondary N) is 1. The van der Waals surface area contributed by atoms with Gasteiger partial charge in [0.2, 0.25) is 11.8 Å². The highest BCUT2D eigenvalue weighted by molar-refractivity contribution is 9.10. The van der Waals surface area contributed by atoms with Gasteiger partial charge in [-0.1, -0.05) is 47.3 Å². The van der Waals surface area contributed by atoms with Gasteiger partial charge in [-0.2, -0.15) is 0 Å². The molecule has 1 atom stereocenters. The monoisotopic (exact) mass is 673 g/mol. The van der Waals surface area contributed by atoms with Crippen LogP contribution in [0.15, 0.2) is 82.2 Å². The molecule has 1 saturated carbocycles. The van der Waals surface area contributed by atoms with Gasteiger partial charge in [0.1, 0.15) is 24.2 Å². The summed E-state index contributed by atoms with van der Waals surface area (Å²) in [4.78, 5) is 28.8. The fourth-order valence-electron chi connectivity index (χ4n) is 5.12. The number of anilines is 1. The van der Waals surface area contributed by atoms with Crippen molar-refractivity contribution < 1.29 is 27.1 Å². The molecule has 0 saturated heterocycles. The molecule has 2 amide bonds. The maximum atomic E-state index is 14.1. The number of rotatable bonds is 12. The van der Waals surface area contributed by atoms with Crippen LogP contribution in [0, 0.1) is 5.82 Å². The summed E-state index contributed by atoms with van der Waals surface area (Å²) in [5.74, 6) is -0.912. The zero-order chi connectivity index (χ0) is 31.0. The third kappa shape index (κ3) is 8.57. The summed E-state index contributed by atoms with van der Waals surface area (Å²) in [6.07, 6.45) is 4.98. The molecule has 230 valence electrons. The highest BCUT2D eigenvalue weighted by Gasteiger charge is 2.33. The van der Waals surface area contributed by atoms with Crippen LogP contribution in [0.4, 0.5) is 10.1 Å². The Morgan fingerprint density at radius 1 is 1.02 bits per heavy atom. The number of amides is 2. The average molecular weight is 675 g/mol. The number of carbonyl (C=O) groups is 2. The summed E-state index contributed by atoms with van der Waals surface area (Å²) in [6, 6.07) is 17.3. The Kier molecular flexibility index (Phi) is 11.2. The first kappa shape index (κ1) is 32.5. The summed E-state index contributed by atoms with van der Waals surface area (Å²) in [7, 11) is -4.28. The minimum Gasteiger partial charge on any atom is -0.494 e. The van der Waals surface area contributed by atoms with E-state index in [1.54, 1.807) is 6.92 Å². The molecule has 0 bridgehead atoms. The third-order valence-corrected chi connectivity index (χ3v) is 9.76. The first-order valence-corrected chi connectivity index (χ1v) is 16.7. The van der Waals surface area contributed by atoms with Gasteiger partial charge in [-0.05, 0) is 92.9 Å². The van der Waals surface area contributed by atoms with Crippen LogP contribution < -0.4 is 14.4 Å². The van der Waals surface area contributed by atoms with E-state index in [2.05, 4.69) is 21.2 Å². The average Bonchev–Trinajstić information content (AvgIpc) is 2.99. The molecule has 1 aliphatic carbocycles. The molecule has 4 rings (SSSR count). The molecule has 0 aromatic heterocycles. The fraction of sp³-hybridized carbons (Fsp3) is 0.375. The van der Waals surface area contributed by atoms with Gasteiger partial charge in [-0.25, -0.2) is 12.8 Å². The molecule has 3 aromatic carbocycles. The van der Waals surface area contributed by atoms with Crippen LogP contribution in [0.1, 0.15) is 51.5 Å². The van der Waals surface area contributed by atoms with E-state index in [0.29, 0.717) is 12.4 Å². The van der Waals surface area contributed by atoms with Crippen LogP contribution in [-0.2, 0) is 26.2 Å². The van der Waals surface area contributed by atoms with Crippen molar-refractivity contribution in [2.24, 2.45) is 0 Å². The zero-order valence-corrected chi connectivity index (χ0v) is 26.7. The zero-order valence-electron chi connectivity index (χ0n) is 24.3. The molecule has 3 aromatic rings. The molecular formula is C32H37BrFN3O5S. The lowest BCUT2D eigenvalue weighted by atomic mass is 9.95. The van der Waals surface area contributed by atoms with E-state index >= 15 is 0 Å². The van der Waals surface area contributed by atoms with Gasteiger partial charge in [-0.15, -0.1) is 0 Å². The van der Waals surface area contributed by atoms with Gasteiger partial charge < -0.3 is 15.0 Å². The van der Waals surface area contributed by atoms with E-state index in [-0.39, 0.29) is 29.1 Å². The number of hydrogen-bond acceptors (Lipinski definition) is 5. The van der Waals surface area contributed by atoms with Crippen molar-refractivity contribution in [3.8, 4) is 5.75 Å². The molecular weight excluding hydrogens is 637 g/mol. The van der Waals surface area contributed by atoms with E-state index in [1.165, 1.54) is 41.3 Å². The molecule has 1 fully saturated rings. The number of sulfonamides is 1. The SMILES string of the molecule is CCOc1ccc(S(=O)(=O)N(CC(=O)N(Cc2cccc(Br)c2)C(C)C(=O)NC2CCCCC2)c2ccc(F)cc2)cc1. The molecule has 43 heavy (non-hydrogen) atoms. The summed E-state index contributed by atoms with van der Waals surface area (Å²) in [6.45, 7) is 3.37. The Labute approximate surface area is 261 Å². The molecule has 0 heterocycles. The standard InChI is InChI=1S/C32H37BrFN3O5S/c1-3-42-29-16-18-30(19-17-29)43(40,41)37(28-14-12-26(34)13-15-28)22-31(38)36(21-24-8-7-9-25(33)20-24)23(2)32(39)35-27-10-5-4-6-11-27/h7-9,12-20,23,27H,3-6,10-11,21-22H2,1-2H3,(H,35,39). The quantitative estimate of drug-likeness (QED) is 0.253. The maximum Gasteiger partial charge on any atom is 0.264 e. The van der Waals surface area contributed by atoms with Crippen LogP contribution in [0.5, 0.6) is 5.75 Å². The number of halogens is 2. The lowest BCUT2D eigenvalue weighted by molar-refractivity contribution is -0.139. The first-order valence-electron chi connectivity index (χ1n) is 14.4. The maximum absolute atomic E-state index is 14.1. The smallest absolute Gasteiger partial charge is 0.264 e. The summed E-state index contributed by atoms with van der Waals surface area (Å²) in [5, 5.41) is 3.09. The Hall–Kier alpha value is -3.44. The van der Waals surface area contributed by atoms with Gasteiger partial charge in [0, 0.05) is 17.1 Å². The van der Waals surface area contributed by atoms with Crippen LogP contribution in [0.25, 0.3) is 0 Å². The highest BCUT2D eigenvalue weighted by atomic mass is 79.9. The van der Waals surface area contributed by atoms with E-state index in [1.807, 2.05) is 31.2 Å². The van der Waals surface area contributed by atoms with E-state index in [0.717, 1.165) is 58.6 Å². The topological polar surface area (TPSA) is 96.0 Å². The van der Waals surface area contributed by atoms with Crippen LogP contribution in [-0.4, -0.2) is 50.4 Å². The van der Waals surface area contributed by atoms with E-state index in [4.69, 9.17) is 4.74 Å². The Morgan fingerprint density at radius 3 is 2.33 bits per heavy atom. The summed E-state index contributed by atoms with van der Waals surface area (Å²) < 4.78 is 48.9. The van der Waals surface area contributed by atoms with Crippen LogP contribution >= 0.6 is 15.9 Å². The largest absolute Gasteiger partial charge is 0.494 e. The predicted molar refractivity (Wildman–Crippen MR) is 168 cm³/mol. The van der Waals surface area contributed by atoms with Crippen molar-refractivity contribution in [2.75, 3.05) is 17.5 Å². The molecule has 0 radical (unpaired) electrons. The number of nitrogens with zero attached hydrogens (tertiary/aromatic N) is 2. The van der Waals surface area contributed by atoms with E-state index in [9.17, 15) is 22.4 Å². The molecule has 1 unspecified atom stereocenters.